The van der Waals surface area contributed by atoms with Crippen LogP contribution in [0.5, 0.6) is 0 Å². The molecular formula is C23H31N5. The minimum absolute atomic E-state index is 0.321. The smallest absolute Gasteiger partial charge is 0.221 e. The summed E-state index contributed by atoms with van der Waals surface area (Å²) in [5.41, 5.74) is 11.8. The van der Waals surface area contributed by atoms with Crippen LogP contribution in [-0.4, -0.2) is 23.1 Å². The van der Waals surface area contributed by atoms with Crippen LogP contribution in [0.2, 0.25) is 0 Å². The zero-order chi connectivity index (χ0) is 19.9. The van der Waals surface area contributed by atoms with Gasteiger partial charge in [-0.3, -0.25) is 0 Å². The van der Waals surface area contributed by atoms with E-state index in [0.717, 1.165) is 62.1 Å². The Morgan fingerprint density at radius 2 is 2.07 bits per heavy atom. The highest BCUT2D eigenvalue weighted by Gasteiger charge is 2.16. The van der Waals surface area contributed by atoms with Gasteiger partial charge in [-0.2, -0.15) is 4.98 Å². The summed E-state index contributed by atoms with van der Waals surface area (Å²) in [4.78, 5) is 10.9. The average molecular weight is 378 g/mol. The number of nitrogen functional groups attached to an aromatic ring is 1. The van der Waals surface area contributed by atoms with Crippen LogP contribution in [0.15, 0.2) is 43.3 Å². The molecule has 0 radical (unpaired) electrons. The molecule has 148 valence electrons. The first kappa shape index (κ1) is 19.9. The van der Waals surface area contributed by atoms with Crippen molar-refractivity contribution in [2.45, 2.75) is 46.0 Å². The van der Waals surface area contributed by atoms with Gasteiger partial charge in [0.25, 0.3) is 0 Å². The number of unbranched alkanes of at least 4 members (excludes halogenated alkanes) is 1. The van der Waals surface area contributed by atoms with Crippen molar-refractivity contribution in [1.29, 1.82) is 0 Å². The van der Waals surface area contributed by atoms with Crippen LogP contribution >= 0.6 is 0 Å². The van der Waals surface area contributed by atoms with Gasteiger partial charge >= 0.3 is 0 Å². The van der Waals surface area contributed by atoms with Crippen LogP contribution in [0.1, 0.15) is 49.8 Å². The van der Waals surface area contributed by atoms with Crippen molar-refractivity contribution in [2.75, 3.05) is 29.0 Å². The Balaban J connectivity index is 1.67. The molecule has 0 saturated carbocycles. The Hall–Kier alpha value is -2.82. The number of hydrogen-bond acceptors (Lipinski definition) is 5. The van der Waals surface area contributed by atoms with Gasteiger partial charge in [-0.15, -0.1) is 0 Å². The predicted molar refractivity (Wildman–Crippen MR) is 120 cm³/mol. The van der Waals surface area contributed by atoms with E-state index in [1.807, 2.05) is 6.20 Å². The van der Waals surface area contributed by atoms with Crippen molar-refractivity contribution in [2.24, 2.45) is 0 Å². The summed E-state index contributed by atoms with van der Waals surface area (Å²) in [6, 6.07) is 6.67. The van der Waals surface area contributed by atoms with Crippen LogP contribution in [0.4, 0.5) is 17.5 Å². The van der Waals surface area contributed by atoms with Crippen molar-refractivity contribution < 1.29 is 0 Å². The number of rotatable bonds is 9. The molecule has 0 fully saturated rings. The third-order valence-electron chi connectivity index (χ3n) is 5.13. The lowest BCUT2D eigenvalue weighted by atomic mass is 9.98. The Labute approximate surface area is 168 Å². The molecule has 0 bridgehead atoms. The van der Waals surface area contributed by atoms with E-state index in [2.05, 4.69) is 71.1 Å². The van der Waals surface area contributed by atoms with Crippen molar-refractivity contribution in [1.82, 2.24) is 9.97 Å². The molecule has 1 aliphatic heterocycles. The first-order valence-corrected chi connectivity index (χ1v) is 10.2. The minimum atomic E-state index is 0.321. The maximum atomic E-state index is 5.78. The summed E-state index contributed by atoms with van der Waals surface area (Å²) >= 11 is 0. The topological polar surface area (TPSA) is 67.1 Å². The Kier molecular flexibility index (Phi) is 6.69. The normalized spacial score (nSPS) is 12.9. The van der Waals surface area contributed by atoms with Gasteiger partial charge in [0.2, 0.25) is 5.95 Å². The van der Waals surface area contributed by atoms with E-state index in [9.17, 15) is 0 Å². The lowest BCUT2D eigenvalue weighted by Gasteiger charge is -2.28. The van der Waals surface area contributed by atoms with E-state index in [1.54, 1.807) is 0 Å². The monoisotopic (exact) mass is 377 g/mol. The van der Waals surface area contributed by atoms with Gasteiger partial charge in [0.15, 0.2) is 0 Å². The van der Waals surface area contributed by atoms with Crippen LogP contribution in [0.3, 0.4) is 0 Å². The molecule has 5 nitrogen and oxygen atoms in total. The number of nitrogens with two attached hydrogens (primary N) is 1. The van der Waals surface area contributed by atoms with Gasteiger partial charge in [-0.1, -0.05) is 39.0 Å². The average Bonchev–Trinajstić information content (AvgIpc) is 2.71. The maximum Gasteiger partial charge on any atom is 0.221 e. The summed E-state index contributed by atoms with van der Waals surface area (Å²) in [6.45, 7) is 10.4. The first-order chi connectivity index (χ1) is 13.6. The maximum absolute atomic E-state index is 5.78. The number of fused-ring (bicyclic) bond motifs is 1. The molecule has 1 aliphatic rings. The molecule has 0 amide bonds. The number of allylic oxidation sites excluding steroid dienone is 2. The molecule has 3 N–H and O–H groups in total. The van der Waals surface area contributed by atoms with Gasteiger partial charge in [-0.05, 0) is 49.0 Å². The van der Waals surface area contributed by atoms with E-state index in [-0.39, 0.29) is 0 Å². The highest BCUT2D eigenvalue weighted by molar-refractivity contribution is 5.85. The fourth-order valence-electron chi connectivity index (χ4n) is 3.43. The molecule has 2 heterocycles. The zero-order valence-electron chi connectivity index (χ0n) is 17.0. The highest BCUT2D eigenvalue weighted by atomic mass is 15.1. The van der Waals surface area contributed by atoms with Gasteiger partial charge in [-0.25, -0.2) is 4.98 Å². The number of nitrogens with zero attached hydrogens (tertiary/aromatic N) is 3. The van der Waals surface area contributed by atoms with Gasteiger partial charge in [0, 0.05) is 42.3 Å². The second kappa shape index (κ2) is 9.40. The lowest BCUT2D eigenvalue weighted by Crippen LogP contribution is -2.22. The third-order valence-corrected chi connectivity index (χ3v) is 5.13. The predicted octanol–water partition coefficient (Wildman–Crippen LogP) is 4.81. The van der Waals surface area contributed by atoms with Crippen molar-refractivity contribution in [3.05, 3.63) is 59.9 Å². The fraction of sp³-hybridized carbons (Fsp3) is 0.391. The molecule has 1 aromatic carbocycles. The number of benzene rings is 1. The van der Waals surface area contributed by atoms with E-state index >= 15 is 0 Å². The SMILES string of the molecule is C=C1C=CN(CCCc2cnc(N)nc2NCCCC)c2cc(CC)ccc21. The molecule has 0 unspecified atom stereocenters. The van der Waals surface area contributed by atoms with Crippen molar-refractivity contribution >= 4 is 23.0 Å². The molecule has 3 rings (SSSR count). The summed E-state index contributed by atoms with van der Waals surface area (Å²) in [7, 11) is 0. The summed E-state index contributed by atoms with van der Waals surface area (Å²) in [6.07, 6.45) is 11.3. The van der Waals surface area contributed by atoms with Crippen LogP contribution in [-0.2, 0) is 12.8 Å². The number of hydrogen-bond donors (Lipinski definition) is 2. The molecule has 28 heavy (non-hydrogen) atoms. The van der Waals surface area contributed by atoms with Crippen LogP contribution < -0.4 is 16.0 Å². The van der Waals surface area contributed by atoms with E-state index < -0.39 is 0 Å². The molecular weight excluding hydrogens is 346 g/mol. The largest absolute Gasteiger partial charge is 0.370 e. The van der Waals surface area contributed by atoms with E-state index in [4.69, 9.17) is 5.73 Å². The third kappa shape index (κ3) is 4.71. The van der Waals surface area contributed by atoms with Gasteiger partial charge in [0.05, 0.1) is 0 Å². The Bertz CT molecular complexity index is 856. The van der Waals surface area contributed by atoms with Gasteiger partial charge in [0.1, 0.15) is 5.82 Å². The second-order valence-corrected chi connectivity index (χ2v) is 7.23. The molecule has 0 atom stereocenters. The summed E-state index contributed by atoms with van der Waals surface area (Å²) in [5, 5.41) is 3.41. The highest BCUT2D eigenvalue weighted by Crippen LogP contribution is 2.33. The number of anilines is 3. The standard InChI is InChI=1S/C23H31N5/c1-4-6-12-25-22-19(16-26-23(24)27-22)8-7-13-28-14-11-17(3)20-10-9-18(5-2)15-21(20)28/h9-11,14-16H,3-8,12-13H2,1-2H3,(H3,24,25,26,27). The molecule has 2 aromatic rings. The Morgan fingerprint density at radius 3 is 2.86 bits per heavy atom. The van der Waals surface area contributed by atoms with Crippen LogP contribution in [0, 0.1) is 0 Å². The fourth-order valence-corrected chi connectivity index (χ4v) is 3.43. The van der Waals surface area contributed by atoms with Crippen LogP contribution in [0.25, 0.3) is 5.57 Å². The van der Waals surface area contributed by atoms with Crippen molar-refractivity contribution in [3.8, 4) is 0 Å². The number of aryl methyl sites for hydroxylation is 2. The van der Waals surface area contributed by atoms with E-state index in [1.165, 1.54) is 16.8 Å². The molecule has 0 aliphatic carbocycles. The second-order valence-electron chi connectivity index (χ2n) is 7.23. The lowest BCUT2D eigenvalue weighted by molar-refractivity contribution is 0.789. The molecule has 1 aromatic heterocycles. The minimum Gasteiger partial charge on any atom is -0.370 e. The number of nitrogens with one attached hydrogen (secondary N) is 1. The van der Waals surface area contributed by atoms with Gasteiger partial charge < -0.3 is 16.0 Å². The molecule has 0 spiro atoms. The quantitative estimate of drug-likeness (QED) is 0.614. The molecule has 5 heteroatoms. The van der Waals surface area contributed by atoms with Crippen molar-refractivity contribution in [3.63, 3.8) is 0 Å². The number of aromatic nitrogens is 2. The first-order valence-electron chi connectivity index (χ1n) is 10.2. The zero-order valence-corrected chi connectivity index (χ0v) is 17.0. The van der Waals surface area contributed by atoms with E-state index in [0.29, 0.717) is 5.95 Å². The Morgan fingerprint density at radius 1 is 1.21 bits per heavy atom. The molecule has 0 saturated heterocycles. The summed E-state index contributed by atoms with van der Waals surface area (Å²) < 4.78 is 0. The summed E-state index contributed by atoms with van der Waals surface area (Å²) in [5.74, 6) is 1.19.